The van der Waals surface area contributed by atoms with Gasteiger partial charge in [0.1, 0.15) is 11.6 Å². The monoisotopic (exact) mass is 349 g/mol. The van der Waals surface area contributed by atoms with Gasteiger partial charge < -0.3 is 5.11 Å². The highest BCUT2D eigenvalue weighted by Gasteiger charge is 2.12. The van der Waals surface area contributed by atoms with Crippen LogP contribution in [0.25, 0.3) is 11.3 Å². The number of phenols is 1. The lowest BCUT2D eigenvalue weighted by atomic mass is 10.1. The predicted octanol–water partition coefficient (Wildman–Crippen LogP) is 2.60. The molecule has 7 nitrogen and oxygen atoms in total. The zero-order chi connectivity index (χ0) is 18.5. The summed E-state index contributed by atoms with van der Waals surface area (Å²) in [5, 5.41) is 22.2. The van der Waals surface area contributed by atoms with Crippen molar-refractivity contribution in [2.75, 3.05) is 5.43 Å². The highest BCUT2D eigenvalue weighted by Crippen LogP contribution is 2.19. The first-order valence-corrected chi connectivity index (χ1v) is 7.46. The van der Waals surface area contributed by atoms with E-state index in [1.165, 1.54) is 18.3 Å². The van der Waals surface area contributed by atoms with Crippen LogP contribution in [0, 0.1) is 17.1 Å². The molecule has 0 amide bonds. The molecule has 0 unspecified atom stereocenters. The number of aromatic amines is 1. The third-order valence-corrected chi connectivity index (χ3v) is 3.43. The van der Waals surface area contributed by atoms with Crippen LogP contribution in [0.4, 0.5) is 10.3 Å². The van der Waals surface area contributed by atoms with Gasteiger partial charge in [-0.25, -0.2) is 14.8 Å². The van der Waals surface area contributed by atoms with Crippen molar-refractivity contribution in [2.45, 2.75) is 0 Å². The van der Waals surface area contributed by atoms with Crippen molar-refractivity contribution in [3.63, 3.8) is 0 Å². The van der Waals surface area contributed by atoms with E-state index in [9.17, 15) is 14.4 Å². The van der Waals surface area contributed by atoms with Crippen LogP contribution in [-0.4, -0.2) is 21.3 Å². The summed E-state index contributed by atoms with van der Waals surface area (Å²) in [6.07, 6.45) is 1.29. The molecular weight excluding hydrogens is 337 g/mol. The van der Waals surface area contributed by atoms with Gasteiger partial charge in [0.15, 0.2) is 11.6 Å². The van der Waals surface area contributed by atoms with Gasteiger partial charge >= 0.3 is 0 Å². The number of halogens is 1. The summed E-state index contributed by atoms with van der Waals surface area (Å²) in [5.74, 6) is -1.20. The number of benzene rings is 2. The number of aromatic hydroxyl groups is 1. The van der Waals surface area contributed by atoms with E-state index in [1.54, 1.807) is 24.3 Å². The van der Waals surface area contributed by atoms with Crippen LogP contribution < -0.4 is 11.0 Å². The number of hydrogen-bond donors (Lipinski definition) is 3. The predicted molar refractivity (Wildman–Crippen MR) is 94.3 cm³/mol. The third-order valence-electron chi connectivity index (χ3n) is 3.43. The van der Waals surface area contributed by atoms with Crippen LogP contribution in [0.3, 0.4) is 0 Å². The lowest BCUT2D eigenvalue weighted by Gasteiger charge is -2.06. The van der Waals surface area contributed by atoms with E-state index in [-0.39, 0.29) is 17.2 Å². The second kappa shape index (κ2) is 7.27. The largest absolute Gasteiger partial charge is 0.505 e. The van der Waals surface area contributed by atoms with Gasteiger partial charge in [-0.15, -0.1) is 0 Å². The molecule has 3 N–H and O–H groups in total. The van der Waals surface area contributed by atoms with E-state index in [1.807, 2.05) is 12.1 Å². The standard InChI is InChI=1S/C18H12FN5O2/c19-14-8-11(6-7-15(14)25)10-21-24-18-22-16(12-4-2-1-3-5-12)13(9-20)17(26)23-18/h1-8,10,25H,(H2,22,23,24,26). The lowest BCUT2D eigenvalue weighted by Crippen LogP contribution is -2.16. The van der Waals surface area contributed by atoms with Gasteiger partial charge in [0.2, 0.25) is 5.95 Å². The van der Waals surface area contributed by atoms with Crippen LogP contribution in [0.1, 0.15) is 11.1 Å². The van der Waals surface area contributed by atoms with Crippen molar-refractivity contribution < 1.29 is 9.50 Å². The number of hydrogen-bond acceptors (Lipinski definition) is 6. The van der Waals surface area contributed by atoms with E-state index in [4.69, 9.17) is 5.11 Å². The molecule has 0 aliphatic rings. The fourth-order valence-corrected chi connectivity index (χ4v) is 2.21. The van der Waals surface area contributed by atoms with Crippen LogP contribution in [-0.2, 0) is 0 Å². The number of H-pyrrole nitrogens is 1. The Morgan fingerprint density at radius 3 is 2.73 bits per heavy atom. The molecule has 0 aliphatic carbocycles. The Morgan fingerprint density at radius 2 is 2.04 bits per heavy atom. The Bertz CT molecular complexity index is 1070. The average Bonchev–Trinajstić information content (AvgIpc) is 2.65. The molecular formula is C18H12FN5O2. The molecule has 3 aromatic rings. The first kappa shape index (κ1) is 16.9. The molecule has 0 spiro atoms. The maximum atomic E-state index is 13.3. The minimum Gasteiger partial charge on any atom is -0.505 e. The third kappa shape index (κ3) is 3.57. The fourth-order valence-electron chi connectivity index (χ4n) is 2.21. The maximum Gasteiger partial charge on any atom is 0.270 e. The van der Waals surface area contributed by atoms with Crippen molar-refractivity contribution in [2.24, 2.45) is 5.10 Å². The minimum absolute atomic E-state index is 0.0309. The number of nitrogens with zero attached hydrogens (tertiary/aromatic N) is 3. The summed E-state index contributed by atoms with van der Waals surface area (Å²) < 4.78 is 13.3. The van der Waals surface area contributed by atoms with Gasteiger partial charge in [0.05, 0.1) is 11.9 Å². The molecule has 26 heavy (non-hydrogen) atoms. The average molecular weight is 349 g/mol. The Labute approximate surface area is 147 Å². The second-order valence-electron chi connectivity index (χ2n) is 5.20. The Balaban J connectivity index is 1.90. The quantitative estimate of drug-likeness (QED) is 0.495. The molecule has 0 saturated heterocycles. The first-order valence-electron chi connectivity index (χ1n) is 7.46. The summed E-state index contributed by atoms with van der Waals surface area (Å²) in [5.41, 5.74) is 3.07. The van der Waals surface area contributed by atoms with Crippen molar-refractivity contribution in [1.82, 2.24) is 9.97 Å². The van der Waals surface area contributed by atoms with E-state index < -0.39 is 17.1 Å². The van der Waals surface area contributed by atoms with E-state index in [2.05, 4.69) is 20.5 Å². The number of nitrogens with one attached hydrogen (secondary N) is 2. The molecule has 0 bridgehead atoms. The van der Waals surface area contributed by atoms with Gasteiger partial charge in [0.25, 0.3) is 5.56 Å². The van der Waals surface area contributed by atoms with Crippen LogP contribution in [0.2, 0.25) is 0 Å². The zero-order valence-electron chi connectivity index (χ0n) is 13.3. The topological polar surface area (TPSA) is 114 Å². The molecule has 0 atom stereocenters. The van der Waals surface area contributed by atoms with Crippen molar-refractivity contribution in [3.05, 3.63) is 75.8 Å². The van der Waals surface area contributed by atoms with E-state index in [0.29, 0.717) is 11.1 Å². The van der Waals surface area contributed by atoms with Gasteiger partial charge in [-0.05, 0) is 23.8 Å². The highest BCUT2D eigenvalue weighted by molar-refractivity contribution is 5.80. The zero-order valence-corrected chi connectivity index (χ0v) is 13.3. The number of aromatic nitrogens is 2. The number of rotatable bonds is 4. The summed E-state index contributed by atoms with van der Waals surface area (Å²) in [6.45, 7) is 0. The van der Waals surface area contributed by atoms with Crippen molar-refractivity contribution in [3.8, 4) is 23.1 Å². The normalized spacial score (nSPS) is 10.6. The maximum absolute atomic E-state index is 13.3. The van der Waals surface area contributed by atoms with E-state index >= 15 is 0 Å². The Morgan fingerprint density at radius 1 is 1.27 bits per heavy atom. The molecule has 3 rings (SSSR count). The van der Waals surface area contributed by atoms with Crippen molar-refractivity contribution in [1.29, 1.82) is 5.26 Å². The van der Waals surface area contributed by atoms with Crippen LogP contribution >= 0.6 is 0 Å². The van der Waals surface area contributed by atoms with E-state index in [0.717, 1.165) is 6.07 Å². The van der Waals surface area contributed by atoms with Gasteiger partial charge in [-0.1, -0.05) is 30.3 Å². The Kier molecular flexibility index (Phi) is 4.71. The number of hydrazone groups is 1. The van der Waals surface area contributed by atoms with Gasteiger partial charge in [-0.2, -0.15) is 10.4 Å². The second-order valence-corrected chi connectivity index (χ2v) is 5.20. The molecule has 128 valence electrons. The molecule has 0 saturated carbocycles. The molecule has 2 aromatic carbocycles. The SMILES string of the molecule is N#Cc1c(-c2ccccc2)nc(NN=Cc2ccc(O)c(F)c2)[nH]c1=O. The van der Waals surface area contributed by atoms with Gasteiger partial charge in [-0.3, -0.25) is 9.78 Å². The van der Waals surface area contributed by atoms with Gasteiger partial charge in [0, 0.05) is 5.56 Å². The molecule has 0 radical (unpaired) electrons. The Hall–Kier alpha value is -3.99. The number of nitriles is 1. The van der Waals surface area contributed by atoms with Crippen molar-refractivity contribution >= 4 is 12.2 Å². The highest BCUT2D eigenvalue weighted by atomic mass is 19.1. The van der Waals surface area contributed by atoms with Crippen LogP contribution in [0.5, 0.6) is 5.75 Å². The molecule has 8 heteroatoms. The summed E-state index contributed by atoms with van der Waals surface area (Å²) in [7, 11) is 0. The molecule has 0 aliphatic heterocycles. The molecule has 1 heterocycles. The van der Waals surface area contributed by atoms with Crippen LogP contribution in [0.15, 0.2) is 58.4 Å². The summed E-state index contributed by atoms with van der Waals surface area (Å²) in [4.78, 5) is 18.7. The first-order chi connectivity index (χ1) is 12.6. The number of anilines is 1. The summed E-state index contributed by atoms with van der Waals surface area (Å²) in [6, 6.07) is 14.4. The number of phenolic OH excluding ortho intramolecular Hbond substituents is 1. The minimum atomic E-state index is -0.773. The lowest BCUT2D eigenvalue weighted by molar-refractivity contribution is 0.432. The smallest absolute Gasteiger partial charge is 0.270 e. The molecule has 0 fully saturated rings. The fraction of sp³-hybridized carbons (Fsp3) is 0. The summed E-state index contributed by atoms with van der Waals surface area (Å²) >= 11 is 0. The molecule has 1 aromatic heterocycles.